The summed E-state index contributed by atoms with van der Waals surface area (Å²) in [6.07, 6.45) is 17.8. The number of benzene rings is 2. The van der Waals surface area contributed by atoms with Crippen molar-refractivity contribution in [3.63, 3.8) is 0 Å². The molecule has 0 atom stereocenters. The molecule has 0 fully saturated rings. The van der Waals surface area contributed by atoms with E-state index in [9.17, 15) is 9.59 Å². The van der Waals surface area contributed by atoms with Gasteiger partial charge in [-0.15, -0.1) is 0 Å². The monoisotopic (exact) mass is 635 g/mol. The minimum atomic E-state index is -0.709. The Morgan fingerprint density at radius 2 is 1.40 bits per heavy atom. The fraction of sp³-hybridized carbons (Fsp3) is 0.500. The highest BCUT2D eigenvalue weighted by Crippen LogP contribution is 2.26. The molecule has 0 aliphatic heterocycles. The summed E-state index contributed by atoms with van der Waals surface area (Å²) >= 11 is 6.51. The lowest BCUT2D eigenvalue weighted by Crippen LogP contribution is -2.44. The first-order valence-corrected chi connectivity index (χ1v) is 17.3. The minimum Gasteiger partial charge on any atom is -0.492 e. The summed E-state index contributed by atoms with van der Waals surface area (Å²) < 4.78 is 13.6. The van der Waals surface area contributed by atoms with Crippen molar-refractivity contribution >= 4 is 23.6 Å². The van der Waals surface area contributed by atoms with Crippen molar-refractivity contribution in [1.29, 1.82) is 0 Å². The molecule has 244 valence electrons. The zero-order valence-electron chi connectivity index (χ0n) is 27.4. The summed E-state index contributed by atoms with van der Waals surface area (Å²) in [7, 11) is 0. The van der Waals surface area contributed by atoms with Crippen molar-refractivity contribution in [3.8, 4) is 5.75 Å². The van der Waals surface area contributed by atoms with Gasteiger partial charge in [0.2, 0.25) is 5.69 Å². The number of aryl methyl sites for hydroxylation is 1. The third kappa shape index (κ3) is 13.2. The summed E-state index contributed by atoms with van der Waals surface area (Å²) in [5.41, 5.74) is 1.99. The molecular formula is C38H52ClN2O4+. The van der Waals surface area contributed by atoms with Crippen LogP contribution >= 0.6 is 11.6 Å². The van der Waals surface area contributed by atoms with Gasteiger partial charge in [0.15, 0.2) is 6.20 Å². The maximum absolute atomic E-state index is 13.4. The van der Waals surface area contributed by atoms with Gasteiger partial charge < -0.3 is 9.47 Å². The predicted molar refractivity (Wildman–Crippen MR) is 181 cm³/mol. The molecule has 6 nitrogen and oxygen atoms in total. The van der Waals surface area contributed by atoms with E-state index >= 15 is 0 Å². The van der Waals surface area contributed by atoms with Crippen LogP contribution in [0.2, 0.25) is 5.02 Å². The second-order valence-electron chi connectivity index (χ2n) is 11.7. The molecule has 0 aliphatic carbocycles. The first-order valence-electron chi connectivity index (χ1n) is 17.0. The van der Waals surface area contributed by atoms with E-state index in [2.05, 4.69) is 13.8 Å². The number of nitrogens with zero attached hydrogens (tertiary/aromatic N) is 2. The van der Waals surface area contributed by atoms with Crippen LogP contribution in [0.5, 0.6) is 5.75 Å². The van der Waals surface area contributed by atoms with Gasteiger partial charge in [-0.25, -0.2) is 14.3 Å². The lowest BCUT2D eigenvalue weighted by molar-refractivity contribution is -0.704. The van der Waals surface area contributed by atoms with Gasteiger partial charge in [-0.05, 0) is 36.2 Å². The van der Waals surface area contributed by atoms with Crippen LogP contribution in [-0.2, 0) is 24.4 Å². The minimum absolute atomic E-state index is 0.0140. The number of imide groups is 1. The van der Waals surface area contributed by atoms with Crippen molar-refractivity contribution in [3.05, 3.63) is 94.8 Å². The van der Waals surface area contributed by atoms with Crippen LogP contribution in [0.15, 0.2) is 72.9 Å². The van der Waals surface area contributed by atoms with E-state index in [0.29, 0.717) is 22.9 Å². The average Bonchev–Trinajstić information content (AvgIpc) is 3.06. The number of halogens is 1. The number of ether oxygens (including phenoxy) is 2. The Kier molecular flexibility index (Phi) is 17.1. The fourth-order valence-corrected chi connectivity index (χ4v) is 5.59. The van der Waals surface area contributed by atoms with Gasteiger partial charge in [0.25, 0.3) is 5.91 Å². The smallest absolute Gasteiger partial charge is 0.417 e. The topological polar surface area (TPSA) is 59.7 Å². The van der Waals surface area contributed by atoms with Crippen molar-refractivity contribution < 1.29 is 23.6 Å². The molecule has 0 saturated heterocycles. The lowest BCUT2D eigenvalue weighted by Gasteiger charge is -2.20. The highest BCUT2D eigenvalue weighted by atomic mass is 35.5. The summed E-state index contributed by atoms with van der Waals surface area (Å²) in [5, 5.41) is 0.476. The molecule has 1 heterocycles. The Bertz CT molecular complexity index is 1280. The maximum Gasteiger partial charge on any atom is 0.417 e. The van der Waals surface area contributed by atoms with Gasteiger partial charge >= 0.3 is 6.09 Å². The van der Waals surface area contributed by atoms with E-state index in [0.717, 1.165) is 42.0 Å². The van der Waals surface area contributed by atoms with Crippen molar-refractivity contribution in [2.75, 3.05) is 6.61 Å². The Labute approximate surface area is 275 Å². The molecule has 0 radical (unpaired) electrons. The standard InChI is InChI=1S/C38H52ClN2O4/c1-3-5-6-7-8-9-10-11-12-13-14-20-28-44-36-25-24-32(29-35(36)39)31-45-38(43)41(37(42)33-21-16-15-17-22-33)30-34-23-18-19-27-40(34)26-4-2/h15-19,21-25,27,29H,3-14,20,26,28,30-31H2,1-2H3/q+1. The van der Waals surface area contributed by atoms with Crippen LogP contribution in [0.4, 0.5) is 4.79 Å². The molecule has 0 saturated carbocycles. The number of amides is 2. The molecule has 2 aromatic carbocycles. The van der Waals surface area contributed by atoms with E-state index in [1.807, 2.05) is 47.2 Å². The largest absolute Gasteiger partial charge is 0.492 e. The van der Waals surface area contributed by atoms with Crippen molar-refractivity contribution in [1.82, 2.24) is 4.90 Å². The number of carbonyl (C=O) groups excluding carboxylic acids is 2. The van der Waals surface area contributed by atoms with Crippen LogP contribution in [0.1, 0.15) is 119 Å². The normalized spacial score (nSPS) is 10.9. The average molecular weight is 636 g/mol. The molecule has 0 N–H and O–H groups in total. The lowest BCUT2D eigenvalue weighted by atomic mass is 10.1. The molecule has 2 amide bonds. The van der Waals surface area contributed by atoms with E-state index in [4.69, 9.17) is 21.1 Å². The Balaban J connectivity index is 1.45. The number of unbranched alkanes of at least 4 members (excludes halogenated alkanes) is 11. The maximum atomic E-state index is 13.4. The number of rotatable bonds is 21. The van der Waals surface area contributed by atoms with Crippen LogP contribution in [0.25, 0.3) is 0 Å². The number of aromatic nitrogens is 1. The van der Waals surface area contributed by atoms with E-state index < -0.39 is 12.0 Å². The molecule has 7 heteroatoms. The summed E-state index contributed by atoms with van der Waals surface area (Å²) in [6.45, 7) is 5.84. The third-order valence-corrected chi connectivity index (χ3v) is 8.21. The summed E-state index contributed by atoms with van der Waals surface area (Å²) in [6, 6.07) is 20.0. The van der Waals surface area contributed by atoms with Crippen LogP contribution < -0.4 is 9.30 Å². The van der Waals surface area contributed by atoms with E-state index in [1.165, 1.54) is 64.2 Å². The summed E-state index contributed by atoms with van der Waals surface area (Å²) in [4.78, 5) is 27.9. The predicted octanol–water partition coefficient (Wildman–Crippen LogP) is 10.1. The first-order chi connectivity index (χ1) is 22.0. The van der Waals surface area contributed by atoms with E-state index in [1.54, 1.807) is 30.3 Å². The second kappa shape index (κ2) is 21.4. The van der Waals surface area contributed by atoms with Crippen LogP contribution in [0, 0.1) is 0 Å². The number of hydrogen-bond donors (Lipinski definition) is 0. The highest BCUT2D eigenvalue weighted by Gasteiger charge is 2.28. The molecule has 0 spiro atoms. The molecule has 0 aliphatic rings. The second-order valence-corrected chi connectivity index (χ2v) is 12.1. The zero-order chi connectivity index (χ0) is 32.1. The van der Waals surface area contributed by atoms with Crippen molar-refractivity contribution in [2.45, 2.75) is 117 Å². The van der Waals surface area contributed by atoms with Crippen molar-refractivity contribution in [2.24, 2.45) is 0 Å². The quantitative estimate of drug-likeness (QED) is 0.0863. The molecular weight excluding hydrogens is 584 g/mol. The number of carbonyl (C=O) groups is 2. The number of hydrogen-bond acceptors (Lipinski definition) is 4. The molecule has 3 rings (SSSR count). The summed E-state index contributed by atoms with van der Waals surface area (Å²) in [5.74, 6) is 0.215. The highest BCUT2D eigenvalue weighted by molar-refractivity contribution is 6.32. The fourth-order valence-electron chi connectivity index (χ4n) is 5.33. The van der Waals surface area contributed by atoms with Gasteiger partial charge in [0, 0.05) is 24.1 Å². The zero-order valence-corrected chi connectivity index (χ0v) is 28.1. The van der Waals surface area contributed by atoms with E-state index in [-0.39, 0.29) is 13.2 Å². The molecule has 0 unspecified atom stereocenters. The molecule has 3 aromatic rings. The molecule has 1 aromatic heterocycles. The Morgan fingerprint density at radius 1 is 0.756 bits per heavy atom. The van der Waals surface area contributed by atoms with Gasteiger partial charge in [-0.3, -0.25) is 4.79 Å². The third-order valence-electron chi connectivity index (χ3n) is 7.92. The number of pyridine rings is 1. The Morgan fingerprint density at radius 3 is 2.04 bits per heavy atom. The van der Waals surface area contributed by atoms with Crippen LogP contribution in [0.3, 0.4) is 0 Å². The van der Waals surface area contributed by atoms with Gasteiger partial charge in [-0.1, -0.05) is 126 Å². The van der Waals surface area contributed by atoms with Gasteiger partial charge in [-0.2, -0.15) is 0 Å². The molecule has 0 bridgehead atoms. The SMILES string of the molecule is CCCCCCCCCCCCCCOc1ccc(COC(=O)N(Cc2cccc[n+]2CCC)C(=O)c2ccccc2)cc1Cl. The molecule has 45 heavy (non-hydrogen) atoms. The van der Waals surface area contributed by atoms with Crippen LogP contribution in [-0.4, -0.2) is 23.5 Å². The first kappa shape index (κ1) is 36.1. The van der Waals surface area contributed by atoms with Gasteiger partial charge in [0.1, 0.15) is 25.4 Å². The van der Waals surface area contributed by atoms with Gasteiger partial charge in [0.05, 0.1) is 11.6 Å². The Hall–Kier alpha value is -3.38.